The zero-order valence-corrected chi connectivity index (χ0v) is 11.3. The third-order valence-electron chi connectivity index (χ3n) is 3.04. The number of aryl methyl sites for hydroxylation is 1. The molecule has 3 aromatic rings. The van der Waals surface area contributed by atoms with Crippen LogP contribution in [-0.2, 0) is 0 Å². The fourth-order valence-electron chi connectivity index (χ4n) is 2.06. The molecule has 0 radical (unpaired) electrons. The second kappa shape index (κ2) is 5.16. The SMILES string of the molecule is Cc1nc2c(C(=O)O)cccn2c1N=Nc1ccccc1. The highest BCUT2D eigenvalue weighted by atomic mass is 16.4. The highest BCUT2D eigenvalue weighted by Gasteiger charge is 2.15. The number of azo groups is 1. The number of carboxylic acid groups (broad SMARTS) is 1. The van der Waals surface area contributed by atoms with Crippen LogP contribution in [0.15, 0.2) is 58.9 Å². The smallest absolute Gasteiger partial charge is 0.339 e. The van der Waals surface area contributed by atoms with E-state index in [1.54, 1.807) is 23.6 Å². The van der Waals surface area contributed by atoms with Crippen LogP contribution in [0.3, 0.4) is 0 Å². The molecule has 0 aliphatic heterocycles. The van der Waals surface area contributed by atoms with E-state index in [-0.39, 0.29) is 5.56 Å². The van der Waals surface area contributed by atoms with E-state index in [2.05, 4.69) is 15.2 Å². The van der Waals surface area contributed by atoms with Crippen molar-refractivity contribution in [1.29, 1.82) is 0 Å². The average molecular weight is 280 g/mol. The van der Waals surface area contributed by atoms with E-state index >= 15 is 0 Å². The standard InChI is InChI=1S/C15H12N4O2/c1-10-13(18-17-11-6-3-2-4-7-11)19-9-5-8-12(15(20)21)14(19)16-10/h2-9H,1H3,(H,20,21). The third kappa shape index (κ3) is 2.38. The first-order valence-corrected chi connectivity index (χ1v) is 6.34. The number of carboxylic acids is 1. The number of carbonyl (C=O) groups is 1. The van der Waals surface area contributed by atoms with Crippen LogP contribution < -0.4 is 0 Å². The van der Waals surface area contributed by atoms with Gasteiger partial charge in [-0.3, -0.25) is 4.40 Å². The molecule has 0 aliphatic carbocycles. The number of benzene rings is 1. The molecule has 2 aromatic heterocycles. The molecule has 6 nitrogen and oxygen atoms in total. The van der Waals surface area contributed by atoms with Gasteiger partial charge in [0.1, 0.15) is 5.56 Å². The lowest BCUT2D eigenvalue weighted by Gasteiger charge is -1.99. The number of aromatic carboxylic acids is 1. The molecular formula is C15H12N4O2. The zero-order valence-electron chi connectivity index (χ0n) is 11.3. The molecule has 0 saturated heterocycles. The van der Waals surface area contributed by atoms with Gasteiger partial charge >= 0.3 is 5.97 Å². The number of hydrogen-bond acceptors (Lipinski definition) is 4. The van der Waals surface area contributed by atoms with Crippen LogP contribution >= 0.6 is 0 Å². The van der Waals surface area contributed by atoms with Crippen LogP contribution in [-0.4, -0.2) is 20.5 Å². The van der Waals surface area contributed by atoms with Gasteiger partial charge in [0.05, 0.1) is 11.4 Å². The minimum Gasteiger partial charge on any atom is -0.478 e. The van der Waals surface area contributed by atoms with Crippen LogP contribution in [0.1, 0.15) is 16.1 Å². The number of hydrogen-bond donors (Lipinski definition) is 1. The van der Waals surface area contributed by atoms with Gasteiger partial charge in [-0.25, -0.2) is 9.78 Å². The fraction of sp³-hybridized carbons (Fsp3) is 0.0667. The van der Waals surface area contributed by atoms with Crippen molar-refractivity contribution in [2.45, 2.75) is 6.92 Å². The number of pyridine rings is 1. The van der Waals surface area contributed by atoms with Gasteiger partial charge in [0.15, 0.2) is 11.5 Å². The van der Waals surface area contributed by atoms with Crippen LogP contribution in [0.25, 0.3) is 5.65 Å². The quantitative estimate of drug-likeness (QED) is 0.742. The Kier molecular flexibility index (Phi) is 3.19. The van der Waals surface area contributed by atoms with Gasteiger partial charge in [0.25, 0.3) is 0 Å². The Morgan fingerprint density at radius 1 is 1.14 bits per heavy atom. The topological polar surface area (TPSA) is 79.3 Å². The normalized spacial score (nSPS) is 11.3. The summed E-state index contributed by atoms with van der Waals surface area (Å²) in [5.41, 5.74) is 1.86. The number of rotatable bonds is 3. The maximum absolute atomic E-state index is 11.2. The largest absolute Gasteiger partial charge is 0.478 e. The van der Waals surface area contributed by atoms with E-state index in [0.717, 1.165) is 5.69 Å². The predicted molar refractivity (Wildman–Crippen MR) is 77.5 cm³/mol. The molecule has 0 bridgehead atoms. The van der Waals surface area contributed by atoms with Gasteiger partial charge in [-0.1, -0.05) is 18.2 Å². The van der Waals surface area contributed by atoms with E-state index in [1.165, 1.54) is 6.07 Å². The van der Waals surface area contributed by atoms with Crippen LogP contribution in [0.5, 0.6) is 0 Å². The molecule has 0 fully saturated rings. The average Bonchev–Trinajstić information content (AvgIpc) is 2.81. The number of aromatic nitrogens is 2. The molecule has 2 heterocycles. The van der Waals surface area contributed by atoms with Gasteiger partial charge in [-0.2, -0.15) is 0 Å². The molecule has 0 atom stereocenters. The van der Waals surface area contributed by atoms with E-state index in [9.17, 15) is 9.90 Å². The summed E-state index contributed by atoms with van der Waals surface area (Å²) in [4.78, 5) is 15.5. The van der Waals surface area contributed by atoms with Crippen LogP contribution in [0.2, 0.25) is 0 Å². The molecule has 0 aliphatic rings. The van der Waals surface area contributed by atoms with Gasteiger partial charge in [0.2, 0.25) is 0 Å². The molecule has 0 spiro atoms. The molecule has 21 heavy (non-hydrogen) atoms. The molecule has 3 rings (SSSR count). The van der Waals surface area contributed by atoms with Gasteiger partial charge < -0.3 is 5.11 Å². The molecule has 0 amide bonds. The van der Waals surface area contributed by atoms with Gasteiger partial charge in [-0.15, -0.1) is 10.2 Å². The summed E-state index contributed by atoms with van der Waals surface area (Å²) in [6.07, 6.45) is 1.72. The van der Waals surface area contributed by atoms with Crippen molar-refractivity contribution in [3.8, 4) is 0 Å². The van der Waals surface area contributed by atoms with Crippen molar-refractivity contribution < 1.29 is 9.90 Å². The van der Waals surface area contributed by atoms with Crippen molar-refractivity contribution in [3.05, 3.63) is 59.9 Å². The summed E-state index contributed by atoms with van der Waals surface area (Å²) in [5.74, 6) is -0.492. The monoisotopic (exact) mass is 280 g/mol. The minimum atomic E-state index is -1.02. The molecule has 0 saturated carbocycles. The summed E-state index contributed by atoms with van der Waals surface area (Å²) >= 11 is 0. The summed E-state index contributed by atoms with van der Waals surface area (Å²) in [5, 5.41) is 17.5. The molecule has 6 heteroatoms. The van der Waals surface area contributed by atoms with E-state index in [1.807, 2.05) is 30.3 Å². The summed E-state index contributed by atoms with van der Waals surface area (Å²) in [6, 6.07) is 12.5. The van der Waals surface area contributed by atoms with Crippen molar-refractivity contribution in [2.75, 3.05) is 0 Å². The van der Waals surface area contributed by atoms with Crippen molar-refractivity contribution in [3.63, 3.8) is 0 Å². The van der Waals surface area contributed by atoms with Crippen LogP contribution in [0, 0.1) is 6.92 Å². The molecular weight excluding hydrogens is 268 g/mol. The van der Waals surface area contributed by atoms with Gasteiger partial charge in [0, 0.05) is 6.20 Å². The second-order valence-corrected chi connectivity index (χ2v) is 4.48. The number of fused-ring (bicyclic) bond motifs is 1. The Balaban J connectivity index is 2.11. The summed E-state index contributed by atoms with van der Waals surface area (Å²) < 4.78 is 1.63. The Bertz CT molecular complexity index is 838. The molecule has 1 N–H and O–H groups in total. The lowest BCUT2D eigenvalue weighted by Crippen LogP contribution is -1.99. The van der Waals surface area contributed by atoms with E-state index in [0.29, 0.717) is 17.2 Å². The zero-order chi connectivity index (χ0) is 14.8. The lowest BCUT2D eigenvalue weighted by molar-refractivity contribution is 0.0698. The Hall–Kier alpha value is -3.02. The van der Waals surface area contributed by atoms with Gasteiger partial charge in [-0.05, 0) is 31.2 Å². The van der Waals surface area contributed by atoms with Crippen molar-refractivity contribution in [2.24, 2.45) is 10.2 Å². The van der Waals surface area contributed by atoms with Crippen molar-refractivity contribution >= 4 is 23.1 Å². The maximum atomic E-state index is 11.2. The first kappa shape index (κ1) is 13.0. The summed E-state index contributed by atoms with van der Waals surface area (Å²) in [6.45, 7) is 1.78. The van der Waals surface area contributed by atoms with E-state index in [4.69, 9.17) is 0 Å². The predicted octanol–water partition coefficient (Wildman–Crippen LogP) is 3.76. The molecule has 0 unspecified atom stereocenters. The highest BCUT2D eigenvalue weighted by molar-refractivity contribution is 5.94. The Morgan fingerprint density at radius 2 is 1.90 bits per heavy atom. The number of nitrogens with zero attached hydrogens (tertiary/aromatic N) is 4. The van der Waals surface area contributed by atoms with E-state index < -0.39 is 5.97 Å². The Labute approximate surface area is 120 Å². The molecule has 1 aromatic carbocycles. The lowest BCUT2D eigenvalue weighted by atomic mass is 10.3. The third-order valence-corrected chi connectivity index (χ3v) is 3.04. The first-order valence-electron chi connectivity index (χ1n) is 6.34. The first-order chi connectivity index (χ1) is 10.2. The second-order valence-electron chi connectivity index (χ2n) is 4.48. The number of imidazole rings is 1. The minimum absolute atomic E-state index is 0.141. The maximum Gasteiger partial charge on any atom is 0.339 e. The highest BCUT2D eigenvalue weighted by Crippen LogP contribution is 2.25. The molecule has 104 valence electrons. The van der Waals surface area contributed by atoms with Crippen LogP contribution in [0.4, 0.5) is 11.5 Å². The Morgan fingerprint density at radius 3 is 2.62 bits per heavy atom. The fourth-order valence-corrected chi connectivity index (χ4v) is 2.06. The summed E-state index contributed by atoms with van der Waals surface area (Å²) in [7, 11) is 0. The van der Waals surface area contributed by atoms with Crippen molar-refractivity contribution in [1.82, 2.24) is 9.38 Å².